The van der Waals surface area contributed by atoms with Gasteiger partial charge in [0.1, 0.15) is 17.4 Å². The smallest absolute Gasteiger partial charge is 0.244 e. The first-order valence-electron chi connectivity index (χ1n) is 9.43. The predicted octanol–water partition coefficient (Wildman–Crippen LogP) is 2.90. The van der Waals surface area contributed by atoms with Crippen molar-refractivity contribution >= 4 is 29.0 Å². The third-order valence-corrected chi connectivity index (χ3v) is 5.73. The predicted molar refractivity (Wildman–Crippen MR) is 106 cm³/mol. The lowest BCUT2D eigenvalue weighted by Crippen LogP contribution is -2.43. The first-order chi connectivity index (χ1) is 13.5. The molecule has 1 aromatic heterocycles. The molecule has 4 rings (SSSR count). The van der Waals surface area contributed by atoms with Crippen LogP contribution in [0.3, 0.4) is 0 Å². The Labute approximate surface area is 168 Å². The topological polar surface area (TPSA) is 59.9 Å². The largest absolute Gasteiger partial charge is 0.506 e. The zero-order valence-corrected chi connectivity index (χ0v) is 16.1. The summed E-state index contributed by atoms with van der Waals surface area (Å²) in [6.45, 7) is 3.76. The fourth-order valence-corrected chi connectivity index (χ4v) is 4.07. The number of halogens is 2. The van der Waals surface area contributed by atoms with Crippen molar-refractivity contribution in [2.45, 2.75) is 18.9 Å². The molecular weight excluding hydrogens is 383 g/mol. The van der Waals surface area contributed by atoms with Gasteiger partial charge in [0.05, 0.1) is 17.3 Å². The van der Waals surface area contributed by atoms with E-state index in [4.69, 9.17) is 11.6 Å². The van der Waals surface area contributed by atoms with E-state index in [9.17, 15) is 14.3 Å². The van der Waals surface area contributed by atoms with Gasteiger partial charge in [-0.15, -0.1) is 0 Å². The van der Waals surface area contributed by atoms with Crippen LogP contribution in [0.1, 0.15) is 12.8 Å². The summed E-state index contributed by atoms with van der Waals surface area (Å²) < 4.78 is 13.8. The van der Waals surface area contributed by atoms with Crippen molar-refractivity contribution in [1.29, 1.82) is 0 Å². The van der Waals surface area contributed by atoms with E-state index < -0.39 is 5.82 Å². The van der Waals surface area contributed by atoms with Crippen molar-refractivity contribution < 1.29 is 14.3 Å². The van der Waals surface area contributed by atoms with Crippen LogP contribution in [0.4, 0.5) is 15.9 Å². The monoisotopic (exact) mass is 404 g/mol. The summed E-state index contributed by atoms with van der Waals surface area (Å²) in [6.07, 6.45) is 3.09. The number of aromatic hydroxyl groups is 1. The minimum atomic E-state index is -0.512. The van der Waals surface area contributed by atoms with Crippen molar-refractivity contribution in [3.8, 4) is 5.75 Å². The number of carbonyl (C=O) groups is 1. The van der Waals surface area contributed by atoms with Crippen LogP contribution in [0, 0.1) is 5.82 Å². The number of benzene rings is 1. The molecule has 0 radical (unpaired) electrons. The number of carbonyl (C=O) groups excluding carboxylic acids is 1. The van der Waals surface area contributed by atoms with Crippen LogP contribution in [0.15, 0.2) is 36.5 Å². The van der Waals surface area contributed by atoms with E-state index in [1.54, 1.807) is 17.0 Å². The molecule has 2 fully saturated rings. The molecule has 2 aromatic rings. The number of hydrogen-bond donors (Lipinski definition) is 1. The normalized spacial score (nSPS) is 21.2. The molecule has 2 saturated heterocycles. The molecule has 0 spiro atoms. The minimum Gasteiger partial charge on any atom is -0.506 e. The number of rotatable bonds is 3. The number of pyridine rings is 1. The maximum atomic E-state index is 13.8. The van der Waals surface area contributed by atoms with Crippen LogP contribution < -0.4 is 9.80 Å². The van der Waals surface area contributed by atoms with Gasteiger partial charge < -0.3 is 14.9 Å². The van der Waals surface area contributed by atoms with Crippen molar-refractivity contribution in [2.24, 2.45) is 0 Å². The quantitative estimate of drug-likeness (QED) is 0.852. The fraction of sp³-hybridized carbons (Fsp3) is 0.400. The average molecular weight is 405 g/mol. The highest BCUT2D eigenvalue weighted by Gasteiger charge is 2.37. The molecule has 0 aliphatic carbocycles. The van der Waals surface area contributed by atoms with E-state index in [0.717, 1.165) is 44.8 Å². The van der Waals surface area contributed by atoms with E-state index in [1.807, 2.05) is 6.07 Å². The second kappa shape index (κ2) is 7.93. The van der Waals surface area contributed by atoms with Gasteiger partial charge in [-0.1, -0.05) is 11.6 Å². The lowest BCUT2D eigenvalue weighted by atomic mass is 10.2. The van der Waals surface area contributed by atoms with Crippen LogP contribution in [0.5, 0.6) is 5.75 Å². The molecule has 1 amide bonds. The van der Waals surface area contributed by atoms with Crippen molar-refractivity contribution in [3.63, 3.8) is 0 Å². The lowest BCUT2D eigenvalue weighted by Gasteiger charge is -2.27. The van der Waals surface area contributed by atoms with E-state index in [-0.39, 0.29) is 22.7 Å². The van der Waals surface area contributed by atoms with Gasteiger partial charge in [0, 0.05) is 38.4 Å². The van der Waals surface area contributed by atoms with E-state index in [2.05, 4.69) is 14.8 Å². The molecule has 1 N–H and O–H groups in total. The van der Waals surface area contributed by atoms with Crippen molar-refractivity contribution in [1.82, 2.24) is 9.88 Å². The summed E-state index contributed by atoms with van der Waals surface area (Å²) in [6, 6.07) is 7.75. The highest BCUT2D eigenvalue weighted by atomic mass is 35.5. The van der Waals surface area contributed by atoms with Gasteiger partial charge in [-0.3, -0.25) is 9.69 Å². The molecule has 2 aliphatic rings. The molecule has 6 nitrogen and oxygen atoms in total. The van der Waals surface area contributed by atoms with Gasteiger partial charge in [-0.2, -0.15) is 0 Å². The number of anilines is 2. The molecule has 148 valence electrons. The highest BCUT2D eigenvalue weighted by molar-refractivity contribution is 6.30. The molecule has 28 heavy (non-hydrogen) atoms. The first kappa shape index (κ1) is 19.0. The van der Waals surface area contributed by atoms with Gasteiger partial charge >= 0.3 is 0 Å². The molecule has 3 heterocycles. The Morgan fingerprint density at radius 2 is 1.96 bits per heavy atom. The van der Waals surface area contributed by atoms with Crippen LogP contribution in [0.2, 0.25) is 5.02 Å². The standard InChI is InChI=1S/C20H22ClFN4O2/c21-16-4-2-14(12-17(16)22)26-9-6-18(20(26)28)24-7-1-8-25(11-10-24)19-5-3-15(27)13-23-19/h2-5,12-13,18,27H,1,6-11H2. The second-order valence-corrected chi connectivity index (χ2v) is 7.55. The zero-order chi connectivity index (χ0) is 19.7. The van der Waals surface area contributed by atoms with E-state index in [1.165, 1.54) is 18.3 Å². The van der Waals surface area contributed by atoms with Gasteiger partial charge in [0.15, 0.2) is 0 Å². The van der Waals surface area contributed by atoms with Gasteiger partial charge in [-0.25, -0.2) is 9.37 Å². The number of amides is 1. The third kappa shape index (κ3) is 3.77. The first-order valence-corrected chi connectivity index (χ1v) is 9.81. The number of nitrogens with zero attached hydrogens (tertiary/aromatic N) is 4. The molecule has 1 atom stereocenters. The molecule has 1 aromatic carbocycles. The Morgan fingerprint density at radius 3 is 2.71 bits per heavy atom. The number of hydrogen-bond acceptors (Lipinski definition) is 5. The van der Waals surface area contributed by atoms with E-state index in [0.29, 0.717) is 12.2 Å². The van der Waals surface area contributed by atoms with Gasteiger partial charge in [-0.05, 0) is 43.2 Å². The third-order valence-electron chi connectivity index (χ3n) is 5.42. The average Bonchev–Trinajstić information content (AvgIpc) is 2.91. The SMILES string of the molecule is O=C1C(N2CCCN(c3ccc(O)cn3)CC2)CCN1c1ccc(Cl)c(F)c1. The Hall–Kier alpha value is -2.38. The molecule has 0 bridgehead atoms. The Kier molecular flexibility index (Phi) is 5.37. The highest BCUT2D eigenvalue weighted by Crippen LogP contribution is 2.28. The maximum absolute atomic E-state index is 13.8. The van der Waals surface area contributed by atoms with Crippen molar-refractivity contribution in [3.05, 3.63) is 47.4 Å². The Morgan fingerprint density at radius 1 is 1.11 bits per heavy atom. The van der Waals surface area contributed by atoms with Gasteiger partial charge in [0.2, 0.25) is 5.91 Å². The zero-order valence-electron chi connectivity index (χ0n) is 15.4. The molecular formula is C20H22ClFN4O2. The van der Waals surface area contributed by atoms with Gasteiger partial charge in [0.25, 0.3) is 0 Å². The van der Waals surface area contributed by atoms with Crippen LogP contribution in [-0.2, 0) is 4.79 Å². The summed E-state index contributed by atoms with van der Waals surface area (Å²) in [5.74, 6) is 0.478. The molecule has 1 unspecified atom stereocenters. The summed E-state index contributed by atoms with van der Waals surface area (Å²) >= 11 is 5.75. The summed E-state index contributed by atoms with van der Waals surface area (Å²) in [4.78, 5) is 23.3. The minimum absolute atomic E-state index is 0.0120. The molecule has 2 aliphatic heterocycles. The molecule has 8 heteroatoms. The second-order valence-electron chi connectivity index (χ2n) is 7.14. The summed E-state index contributed by atoms with van der Waals surface area (Å²) in [5.41, 5.74) is 0.555. The van der Waals surface area contributed by atoms with Crippen molar-refractivity contribution in [2.75, 3.05) is 42.5 Å². The summed E-state index contributed by atoms with van der Waals surface area (Å²) in [7, 11) is 0. The maximum Gasteiger partial charge on any atom is 0.244 e. The Bertz CT molecular complexity index is 864. The van der Waals surface area contributed by atoms with Crippen LogP contribution in [0.25, 0.3) is 0 Å². The van der Waals surface area contributed by atoms with E-state index >= 15 is 0 Å². The molecule has 0 saturated carbocycles. The lowest BCUT2D eigenvalue weighted by molar-refractivity contribution is -0.121. The number of aromatic nitrogens is 1. The van der Waals surface area contributed by atoms with Crippen LogP contribution in [-0.4, -0.2) is 59.7 Å². The Balaban J connectivity index is 1.42. The van der Waals surface area contributed by atoms with Crippen LogP contribution >= 0.6 is 11.6 Å². The summed E-state index contributed by atoms with van der Waals surface area (Å²) in [5, 5.41) is 9.47. The fourth-order valence-electron chi connectivity index (χ4n) is 3.96.